The van der Waals surface area contributed by atoms with E-state index in [0.29, 0.717) is 70.5 Å². The highest BCUT2D eigenvalue weighted by atomic mass is 33.1. The largest absolute Gasteiger partial charge is 0.465 e. The second kappa shape index (κ2) is 32.9. The summed E-state index contributed by atoms with van der Waals surface area (Å²) in [4.78, 5) is 57.1. The van der Waals surface area contributed by atoms with Crippen molar-refractivity contribution < 1.29 is 42.9 Å². The highest BCUT2D eigenvalue weighted by molar-refractivity contribution is 8.76. The van der Waals surface area contributed by atoms with Gasteiger partial charge in [-0.25, -0.2) is 0 Å². The van der Waals surface area contributed by atoms with Crippen molar-refractivity contribution in [1.82, 2.24) is 19.6 Å². The molecular formula is C32H62N4O9S3. The zero-order valence-electron chi connectivity index (χ0n) is 30.2. The van der Waals surface area contributed by atoms with Crippen molar-refractivity contribution in [3.05, 3.63) is 0 Å². The third-order valence-electron chi connectivity index (χ3n) is 6.73. The Labute approximate surface area is 301 Å². The van der Waals surface area contributed by atoms with Crippen LogP contribution >= 0.6 is 33.3 Å². The Hall–Kier alpha value is -1.27. The lowest BCUT2D eigenvalue weighted by Gasteiger charge is -2.22. The van der Waals surface area contributed by atoms with Crippen LogP contribution in [-0.2, 0) is 42.9 Å². The summed E-state index contributed by atoms with van der Waals surface area (Å²) in [5.41, 5.74) is 0. The van der Waals surface area contributed by atoms with Gasteiger partial charge in [0.1, 0.15) is 26.4 Å². The molecule has 0 aliphatic heterocycles. The average Bonchev–Trinajstić information content (AvgIpc) is 3.04. The molecule has 0 N–H and O–H groups in total. The molecule has 13 nitrogen and oxygen atoms in total. The molecule has 0 rings (SSSR count). The second-order valence-electron chi connectivity index (χ2n) is 11.5. The molecule has 0 saturated carbocycles. The molecule has 0 saturated heterocycles. The van der Waals surface area contributed by atoms with E-state index in [1.165, 1.54) is 0 Å². The molecule has 0 aromatic carbocycles. The first-order chi connectivity index (χ1) is 23.1. The summed E-state index contributed by atoms with van der Waals surface area (Å²) in [6.45, 7) is 7.18. The number of ether oxygens (including phenoxy) is 5. The van der Waals surface area contributed by atoms with Gasteiger partial charge in [0.05, 0.1) is 32.3 Å². The van der Waals surface area contributed by atoms with Crippen molar-refractivity contribution in [3.8, 4) is 0 Å². The maximum atomic E-state index is 12.3. The van der Waals surface area contributed by atoms with Crippen LogP contribution < -0.4 is 0 Å². The van der Waals surface area contributed by atoms with Gasteiger partial charge in [-0.2, -0.15) is 11.8 Å². The second-order valence-corrected chi connectivity index (χ2v) is 15.2. The topological polar surface area (TPSA) is 127 Å². The predicted molar refractivity (Wildman–Crippen MR) is 197 cm³/mol. The van der Waals surface area contributed by atoms with Gasteiger partial charge in [-0.3, -0.25) is 19.2 Å². The third-order valence-corrected chi connectivity index (χ3v) is 9.64. The van der Waals surface area contributed by atoms with E-state index in [0.717, 1.165) is 44.8 Å². The van der Waals surface area contributed by atoms with E-state index in [-0.39, 0.29) is 49.7 Å². The van der Waals surface area contributed by atoms with Crippen LogP contribution in [0.3, 0.4) is 0 Å². The first-order valence-corrected chi connectivity index (χ1v) is 20.5. The Balaban J connectivity index is 4.19. The molecule has 0 aliphatic carbocycles. The Morgan fingerprint density at radius 1 is 0.479 bits per heavy atom. The van der Waals surface area contributed by atoms with Crippen molar-refractivity contribution >= 4 is 57.2 Å². The number of thioether (sulfide) groups is 1. The summed E-state index contributed by atoms with van der Waals surface area (Å²) in [5, 5.41) is 0. The smallest absolute Gasteiger partial charge is 0.307 e. The SMILES string of the molecule is COCCOC(=O)CCN(CCCN(C)C)CCC(=O)OCCSSCCOC(=O)CCN(CCCN(C)C)CCC(=O)OCCSC. The number of carbonyl (C=O) groups is 4. The number of nitrogens with zero attached hydrogens (tertiary/aromatic N) is 4. The van der Waals surface area contributed by atoms with E-state index in [1.807, 2.05) is 34.4 Å². The molecule has 0 fully saturated rings. The average molecular weight is 743 g/mol. The summed E-state index contributed by atoms with van der Waals surface area (Å²) in [6, 6.07) is 0. The number of methoxy groups -OCH3 is 1. The third kappa shape index (κ3) is 32.0. The number of hydrogen-bond donors (Lipinski definition) is 0. The van der Waals surface area contributed by atoms with Crippen LogP contribution in [-0.4, -0.2) is 188 Å². The first kappa shape index (κ1) is 46.7. The summed E-state index contributed by atoms with van der Waals surface area (Å²) in [7, 11) is 12.8. The van der Waals surface area contributed by atoms with E-state index >= 15 is 0 Å². The minimum absolute atomic E-state index is 0.211. The van der Waals surface area contributed by atoms with Gasteiger partial charge in [0.25, 0.3) is 0 Å². The van der Waals surface area contributed by atoms with Crippen LogP contribution in [0.2, 0.25) is 0 Å². The maximum absolute atomic E-state index is 12.3. The fourth-order valence-electron chi connectivity index (χ4n) is 4.15. The van der Waals surface area contributed by atoms with Crippen LogP contribution in [0, 0.1) is 0 Å². The minimum atomic E-state index is -0.276. The molecule has 282 valence electrons. The van der Waals surface area contributed by atoms with E-state index in [1.54, 1.807) is 40.5 Å². The summed E-state index contributed by atoms with van der Waals surface area (Å²) in [5.74, 6) is 1.04. The molecule has 48 heavy (non-hydrogen) atoms. The van der Waals surface area contributed by atoms with Gasteiger partial charge in [-0.05, 0) is 73.5 Å². The molecule has 0 spiro atoms. The van der Waals surface area contributed by atoms with Gasteiger partial charge in [-0.15, -0.1) is 0 Å². The monoisotopic (exact) mass is 742 g/mol. The van der Waals surface area contributed by atoms with Gasteiger partial charge in [0.2, 0.25) is 0 Å². The van der Waals surface area contributed by atoms with E-state index in [9.17, 15) is 19.2 Å². The number of rotatable bonds is 33. The Morgan fingerprint density at radius 3 is 1.17 bits per heavy atom. The Bertz CT molecular complexity index is 779. The number of hydrogen-bond acceptors (Lipinski definition) is 16. The molecule has 0 radical (unpaired) electrons. The van der Waals surface area contributed by atoms with E-state index in [4.69, 9.17) is 23.7 Å². The van der Waals surface area contributed by atoms with Crippen molar-refractivity contribution in [2.24, 2.45) is 0 Å². The molecular weight excluding hydrogens is 681 g/mol. The maximum Gasteiger partial charge on any atom is 0.307 e. The highest BCUT2D eigenvalue weighted by Gasteiger charge is 2.14. The molecule has 0 aromatic heterocycles. The van der Waals surface area contributed by atoms with E-state index < -0.39 is 0 Å². The summed E-state index contributed by atoms with van der Waals surface area (Å²) in [6.07, 6.45) is 4.92. The van der Waals surface area contributed by atoms with Gasteiger partial charge in [-0.1, -0.05) is 21.6 Å². The van der Waals surface area contributed by atoms with Gasteiger partial charge < -0.3 is 43.3 Å². The van der Waals surface area contributed by atoms with Crippen molar-refractivity contribution in [2.45, 2.75) is 38.5 Å². The zero-order valence-corrected chi connectivity index (χ0v) is 32.7. The normalized spacial score (nSPS) is 11.5. The molecule has 0 atom stereocenters. The minimum Gasteiger partial charge on any atom is -0.465 e. The van der Waals surface area contributed by atoms with Crippen molar-refractivity contribution in [2.75, 3.05) is 144 Å². The molecule has 0 aliphatic rings. The zero-order chi connectivity index (χ0) is 35.8. The molecule has 0 heterocycles. The lowest BCUT2D eigenvalue weighted by atomic mass is 10.3. The molecule has 0 unspecified atom stereocenters. The van der Waals surface area contributed by atoms with E-state index in [2.05, 4.69) is 19.6 Å². The van der Waals surface area contributed by atoms with Gasteiger partial charge in [0.15, 0.2) is 0 Å². The lowest BCUT2D eigenvalue weighted by molar-refractivity contribution is -0.146. The summed E-state index contributed by atoms with van der Waals surface area (Å²) >= 11 is 1.64. The molecule has 0 amide bonds. The number of esters is 4. The highest BCUT2D eigenvalue weighted by Crippen LogP contribution is 2.20. The number of carbonyl (C=O) groups excluding carboxylic acids is 4. The Morgan fingerprint density at radius 2 is 0.833 bits per heavy atom. The lowest BCUT2D eigenvalue weighted by Crippen LogP contribution is -2.32. The van der Waals surface area contributed by atoms with Crippen LogP contribution in [0.4, 0.5) is 0 Å². The molecule has 0 bridgehead atoms. The van der Waals surface area contributed by atoms with Crippen LogP contribution in [0.25, 0.3) is 0 Å². The molecule has 0 aromatic rings. The Kier molecular flexibility index (Phi) is 32.0. The standard InChI is InChI=1S/C32H62N4O9S3/c1-33(2)13-7-15-35(17-9-29(37)42-22-21-41-5)19-11-31(39)44-24-27-47-48-28-25-45-32(40)12-20-36(16-8-14-34(3)4)18-10-30(38)43-23-26-46-6/h7-28H2,1-6H3. The van der Waals surface area contributed by atoms with Crippen molar-refractivity contribution in [3.63, 3.8) is 0 Å². The quantitative estimate of drug-likeness (QED) is 0.0423. The van der Waals surface area contributed by atoms with Gasteiger partial charge >= 0.3 is 23.9 Å². The predicted octanol–water partition coefficient (Wildman–Crippen LogP) is 2.62. The fraction of sp³-hybridized carbons (Fsp3) is 0.875. The fourth-order valence-corrected chi connectivity index (χ4v) is 6.06. The summed E-state index contributed by atoms with van der Waals surface area (Å²) < 4.78 is 26.1. The van der Waals surface area contributed by atoms with Crippen molar-refractivity contribution in [1.29, 1.82) is 0 Å². The van der Waals surface area contributed by atoms with Crippen LogP contribution in [0.15, 0.2) is 0 Å². The van der Waals surface area contributed by atoms with Crippen LogP contribution in [0.5, 0.6) is 0 Å². The first-order valence-electron chi connectivity index (χ1n) is 16.7. The van der Waals surface area contributed by atoms with Gasteiger partial charge in [0, 0.05) is 50.5 Å². The molecule has 16 heteroatoms. The van der Waals surface area contributed by atoms with Crippen LogP contribution in [0.1, 0.15) is 38.5 Å².